The summed E-state index contributed by atoms with van der Waals surface area (Å²) in [7, 11) is 0. The molecule has 1 aromatic heterocycles. The van der Waals surface area contributed by atoms with Crippen molar-refractivity contribution in [3.63, 3.8) is 0 Å². The van der Waals surface area contributed by atoms with Crippen molar-refractivity contribution < 1.29 is 14.3 Å². The van der Waals surface area contributed by atoms with Crippen molar-refractivity contribution >= 4 is 52.4 Å². The molecule has 2 aromatic carbocycles. The molecule has 0 amide bonds. The first-order valence-corrected chi connectivity index (χ1v) is 7.91. The molecule has 0 aliphatic heterocycles. The molecule has 0 aliphatic carbocycles. The maximum Gasteiger partial charge on any atom is 0.338 e. The first-order chi connectivity index (χ1) is 11.4. The smallest absolute Gasteiger partial charge is 0.338 e. The molecule has 0 bridgehead atoms. The molecule has 0 saturated carbocycles. The van der Waals surface area contributed by atoms with E-state index in [0.29, 0.717) is 5.56 Å². The molecule has 24 heavy (non-hydrogen) atoms. The number of nitrogens with zero attached hydrogens (tertiary/aromatic N) is 2. The van der Waals surface area contributed by atoms with Gasteiger partial charge in [-0.1, -0.05) is 64.6 Å². The van der Waals surface area contributed by atoms with E-state index in [1.54, 1.807) is 24.3 Å². The zero-order valence-electron chi connectivity index (χ0n) is 11.6. The summed E-state index contributed by atoms with van der Waals surface area (Å²) in [5.41, 5.74) is 0.216. The number of aromatic nitrogens is 2. The first kappa shape index (κ1) is 17.0. The van der Waals surface area contributed by atoms with Crippen molar-refractivity contribution in [1.29, 1.82) is 0 Å². The van der Waals surface area contributed by atoms with Gasteiger partial charge in [0.15, 0.2) is 0 Å². The first-order valence-electron chi connectivity index (χ1n) is 6.40. The van der Waals surface area contributed by atoms with E-state index in [-0.39, 0.29) is 43.0 Å². The predicted molar refractivity (Wildman–Crippen MR) is 92.2 cm³/mol. The molecule has 0 radical (unpaired) electrons. The Hall–Kier alpha value is -1.79. The van der Waals surface area contributed by atoms with Gasteiger partial charge in [0.1, 0.15) is 0 Å². The van der Waals surface area contributed by atoms with E-state index in [0.717, 1.165) is 0 Å². The number of halogens is 4. The van der Waals surface area contributed by atoms with Crippen LogP contribution in [0.4, 0.5) is 0 Å². The van der Waals surface area contributed by atoms with Crippen molar-refractivity contribution in [2.45, 2.75) is 0 Å². The second-order valence-electron chi connectivity index (χ2n) is 4.59. The number of carbonyl (C=O) groups is 1. The van der Waals surface area contributed by atoms with Gasteiger partial charge >= 0.3 is 5.97 Å². The van der Waals surface area contributed by atoms with Crippen molar-refractivity contribution in [3.05, 3.63) is 56.0 Å². The molecule has 1 heterocycles. The van der Waals surface area contributed by atoms with Gasteiger partial charge in [-0.25, -0.2) is 4.79 Å². The van der Waals surface area contributed by atoms with Gasteiger partial charge in [-0.3, -0.25) is 0 Å². The Bertz CT molecular complexity index is 942. The third-order valence-corrected chi connectivity index (χ3v) is 4.94. The lowest BCUT2D eigenvalue weighted by Gasteiger charge is -2.10. The number of benzene rings is 2. The zero-order chi connectivity index (χ0) is 17.4. The fourth-order valence-corrected chi connectivity index (χ4v) is 3.07. The molecule has 0 aliphatic rings. The Kier molecular flexibility index (Phi) is 4.69. The third kappa shape index (κ3) is 2.84. The Morgan fingerprint density at radius 2 is 1.46 bits per heavy atom. The van der Waals surface area contributed by atoms with Gasteiger partial charge in [-0.05, 0) is 12.1 Å². The van der Waals surface area contributed by atoms with Crippen LogP contribution >= 0.6 is 46.4 Å². The van der Waals surface area contributed by atoms with Gasteiger partial charge in [0, 0.05) is 5.56 Å². The third-order valence-electron chi connectivity index (χ3n) is 3.14. The van der Waals surface area contributed by atoms with Crippen LogP contribution in [-0.2, 0) is 0 Å². The topological polar surface area (TPSA) is 76.2 Å². The minimum Gasteiger partial charge on any atom is -0.478 e. The average Bonchev–Trinajstić information content (AvgIpc) is 3.06. The molecular formula is C15H6Cl4N2O3. The molecule has 122 valence electrons. The van der Waals surface area contributed by atoms with Crippen LogP contribution in [0.1, 0.15) is 10.4 Å². The summed E-state index contributed by atoms with van der Waals surface area (Å²) < 4.78 is 5.55. The number of carboxylic acid groups (broad SMARTS) is 1. The van der Waals surface area contributed by atoms with Crippen LogP contribution < -0.4 is 0 Å². The van der Waals surface area contributed by atoms with Crippen LogP contribution in [0.25, 0.3) is 22.9 Å². The Morgan fingerprint density at radius 3 is 2.08 bits per heavy atom. The molecular weight excluding hydrogens is 398 g/mol. The fourth-order valence-electron chi connectivity index (χ4n) is 2.05. The van der Waals surface area contributed by atoms with E-state index in [4.69, 9.17) is 50.8 Å². The van der Waals surface area contributed by atoms with Crippen LogP contribution in [0, 0.1) is 0 Å². The van der Waals surface area contributed by atoms with Gasteiger partial charge in [0.25, 0.3) is 5.89 Å². The molecule has 0 atom stereocenters. The largest absolute Gasteiger partial charge is 0.478 e. The molecule has 9 heteroatoms. The number of hydrogen-bond acceptors (Lipinski definition) is 4. The summed E-state index contributed by atoms with van der Waals surface area (Å²) in [6, 6.07) is 8.95. The van der Waals surface area contributed by atoms with Crippen molar-refractivity contribution in [3.8, 4) is 22.9 Å². The minimum atomic E-state index is -1.35. The lowest BCUT2D eigenvalue weighted by molar-refractivity contribution is 0.0697. The number of aromatic carboxylic acids is 1. The maximum absolute atomic E-state index is 11.6. The summed E-state index contributed by atoms with van der Waals surface area (Å²) in [6.45, 7) is 0. The minimum absolute atomic E-state index is 0.0850. The van der Waals surface area contributed by atoms with Gasteiger partial charge < -0.3 is 9.52 Å². The van der Waals surface area contributed by atoms with E-state index >= 15 is 0 Å². The molecule has 5 nitrogen and oxygen atoms in total. The zero-order valence-corrected chi connectivity index (χ0v) is 14.6. The predicted octanol–water partition coefficient (Wildman–Crippen LogP) is 5.72. The van der Waals surface area contributed by atoms with Crippen LogP contribution in [0.5, 0.6) is 0 Å². The summed E-state index contributed by atoms with van der Waals surface area (Å²) >= 11 is 24.1. The molecule has 3 aromatic rings. The monoisotopic (exact) mass is 402 g/mol. The number of hydrogen-bond donors (Lipinski definition) is 1. The number of rotatable bonds is 3. The van der Waals surface area contributed by atoms with Gasteiger partial charge in [-0.2, -0.15) is 0 Å². The number of carboxylic acids is 1. The normalized spacial score (nSPS) is 10.8. The molecule has 1 N–H and O–H groups in total. The molecule has 0 saturated heterocycles. The highest BCUT2D eigenvalue weighted by Gasteiger charge is 2.28. The van der Waals surface area contributed by atoms with E-state index in [9.17, 15) is 9.90 Å². The fraction of sp³-hybridized carbons (Fsp3) is 0. The highest BCUT2D eigenvalue weighted by Crippen LogP contribution is 2.45. The summed E-state index contributed by atoms with van der Waals surface area (Å²) in [5.74, 6) is -1.29. The van der Waals surface area contributed by atoms with Crippen LogP contribution in [0.3, 0.4) is 0 Å². The summed E-state index contributed by atoms with van der Waals surface area (Å²) in [5, 5.41) is 16.5. The second-order valence-corrected chi connectivity index (χ2v) is 6.10. The van der Waals surface area contributed by atoms with Gasteiger partial charge in [-0.15, -0.1) is 10.2 Å². The second kappa shape index (κ2) is 6.61. The molecule has 0 spiro atoms. The average molecular weight is 404 g/mol. The van der Waals surface area contributed by atoms with E-state index in [1.807, 2.05) is 6.07 Å². The van der Waals surface area contributed by atoms with Crippen LogP contribution in [-0.4, -0.2) is 21.3 Å². The Morgan fingerprint density at radius 1 is 0.875 bits per heavy atom. The SMILES string of the molecule is O=C(O)c1c(Cl)c(Cl)c(Cl)c(Cl)c1-c1nnc(-c2ccccc2)o1. The highest BCUT2D eigenvalue weighted by atomic mass is 35.5. The van der Waals surface area contributed by atoms with Crippen LogP contribution in [0.2, 0.25) is 20.1 Å². The lowest BCUT2D eigenvalue weighted by Crippen LogP contribution is -2.03. The van der Waals surface area contributed by atoms with Crippen molar-refractivity contribution in [1.82, 2.24) is 10.2 Å². The van der Waals surface area contributed by atoms with Gasteiger partial charge in [0.2, 0.25) is 5.89 Å². The summed E-state index contributed by atoms with van der Waals surface area (Å²) in [6.07, 6.45) is 0. The van der Waals surface area contributed by atoms with E-state index in [1.165, 1.54) is 0 Å². The summed E-state index contributed by atoms with van der Waals surface area (Å²) in [4.78, 5) is 11.6. The van der Waals surface area contributed by atoms with Crippen LogP contribution in [0.15, 0.2) is 34.7 Å². The van der Waals surface area contributed by atoms with E-state index in [2.05, 4.69) is 10.2 Å². The standard InChI is InChI=1S/C15H6Cl4N2O3/c16-9-7(8(15(22)23)10(17)12(19)11(9)18)14-21-20-13(24-14)6-4-2-1-3-5-6/h1-5H,(H,22,23). The molecule has 3 rings (SSSR count). The molecule has 0 fully saturated rings. The van der Waals surface area contributed by atoms with E-state index < -0.39 is 5.97 Å². The van der Waals surface area contributed by atoms with Crippen molar-refractivity contribution in [2.24, 2.45) is 0 Å². The lowest BCUT2D eigenvalue weighted by atomic mass is 10.1. The molecule has 0 unspecified atom stereocenters. The Balaban J connectivity index is 2.24. The maximum atomic E-state index is 11.6. The highest BCUT2D eigenvalue weighted by molar-refractivity contribution is 6.54. The van der Waals surface area contributed by atoms with Crippen molar-refractivity contribution in [2.75, 3.05) is 0 Å². The quantitative estimate of drug-likeness (QED) is 0.447. The Labute approximate surface area is 155 Å². The van der Waals surface area contributed by atoms with Gasteiger partial charge in [0.05, 0.1) is 31.2 Å².